The number of piperidine rings is 1. The molecule has 2 bridgehead atoms. The summed E-state index contributed by atoms with van der Waals surface area (Å²) in [5.41, 5.74) is 4.59. The number of amides is 1. The molecular formula is C32H42N2O3. The van der Waals surface area contributed by atoms with Gasteiger partial charge in [0.25, 0.3) is 0 Å². The van der Waals surface area contributed by atoms with E-state index in [9.17, 15) is 14.4 Å². The first kappa shape index (κ1) is 24.9. The minimum absolute atomic E-state index is 0.0460. The van der Waals surface area contributed by atoms with Crippen LogP contribution in [-0.4, -0.2) is 39.0 Å². The minimum atomic E-state index is -0.273. The van der Waals surface area contributed by atoms with Gasteiger partial charge in [0.15, 0.2) is 11.6 Å². The van der Waals surface area contributed by atoms with Crippen LogP contribution in [0.3, 0.4) is 0 Å². The van der Waals surface area contributed by atoms with E-state index in [1.807, 2.05) is 22.6 Å². The topological polar surface area (TPSA) is 59.4 Å². The zero-order chi connectivity index (χ0) is 25.7. The summed E-state index contributed by atoms with van der Waals surface area (Å²) in [7, 11) is 0. The monoisotopic (exact) mass is 502 g/mol. The quantitative estimate of drug-likeness (QED) is 0.435. The standard InChI is InChI=1S/C32H42N2O3/c1-3-28(36)27-17-32-14-10-8-6-4-5-7-9-11-23-15-24(22-12-13-22)16-25-26(21(2)35)19-33(31(23)25)20-30(37)34(27)29(32)18-32/h15-16,19,22,27,29H,3-14,17-18,20H2,1-2H3/t27-,29+,32-/m0/s1. The maximum atomic E-state index is 14.0. The van der Waals surface area contributed by atoms with Crippen molar-refractivity contribution in [2.24, 2.45) is 5.41 Å². The highest BCUT2D eigenvalue weighted by atomic mass is 16.2. The highest BCUT2D eigenvalue weighted by molar-refractivity contribution is 6.08. The molecule has 5 heteroatoms. The van der Waals surface area contributed by atoms with E-state index in [0.29, 0.717) is 12.3 Å². The molecule has 2 aliphatic carbocycles. The largest absolute Gasteiger partial charge is 0.337 e. The number of hydrogen-bond acceptors (Lipinski definition) is 3. The van der Waals surface area contributed by atoms with Gasteiger partial charge >= 0.3 is 0 Å². The zero-order valence-corrected chi connectivity index (χ0v) is 22.7. The Bertz CT molecular complexity index is 1240. The van der Waals surface area contributed by atoms with Crippen LogP contribution < -0.4 is 0 Å². The third kappa shape index (κ3) is 4.57. The third-order valence-corrected chi connectivity index (χ3v) is 9.85. The molecule has 6 rings (SSSR count). The molecule has 1 aromatic heterocycles. The summed E-state index contributed by atoms with van der Waals surface area (Å²) in [5.74, 6) is 0.914. The Hall–Kier alpha value is -2.43. The van der Waals surface area contributed by atoms with Crippen molar-refractivity contribution in [3.05, 3.63) is 35.0 Å². The summed E-state index contributed by atoms with van der Waals surface area (Å²) in [4.78, 5) is 41.6. The number of Topliss-reactive ketones (excluding diaryl/α,β-unsaturated/α-hetero) is 2. The van der Waals surface area contributed by atoms with Crippen LogP contribution >= 0.6 is 0 Å². The highest BCUT2D eigenvalue weighted by Gasteiger charge is 2.65. The molecule has 1 saturated heterocycles. The van der Waals surface area contributed by atoms with E-state index < -0.39 is 0 Å². The van der Waals surface area contributed by atoms with Gasteiger partial charge in [0.1, 0.15) is 6.54 Å². The van der Waals surface area contributed by atoms with Gasteiger partial charge in [-0.3, -0.25) is 14.4 Å². The maximum Gasteiger partial charge on any atom is 0.243 e. The summed E-state index contributed by atoms with van der Waals surface area (Å²) in [6.07, 6.45) is 17.6. The van der Waals surface area contributed by atoms with E-state index in [0.717, 1.165) is 48.6 Å². The second kappa shape index (κ2) is 9.71. The van der Waals surface area contributed by atoms with Crippen LogP contribution in [0.2, 0.25) is 0 Å². The van der Waals surface area contributed by atoms with Crippen molar-refractivity contribution in [2.75, 3.05) is 0 Å². The second-order valence-corrected chi connectivity index (χ2v) is 12.5. The van der Waals surface area contributed by atoms with E-state index >= 15 is 0 Å². The minimum Gasteiger partial charge on any atom is -0.337 e. The Morgan fingerprint density at radius 1 is 1.00 bits per heavy atom. The molecule has 37 heavy (non-hydrogen) atoms. The molecule has 2 saturated carbocycles. The van der Waals surface area contributed by atoms with Gasteiger partial charge < -0.3 is 9.47 Å². The average molecular weight is 503 g/mol. The van der Waals surface area contributed by atoms with Crippen molar-refractivity contribution in [1.29, 1.82) is 0 Å². The van der Waals surface area contributed by atoms with Crippen molar-refractivity contribution in [3.63, 3.8) is 0 Å². The summed E-state index contributed by atoms with van der Waals surface area (Å²) >= 11 is 0. The predicted molar refractivity (Wildman–Crippen MR) is 146 cm³/mol. The molecule has 1 aromatic carbocycles. The summed E-state index contributed by atoms with van der Waals surface area (Å²) in [6, 6.07) is 4.53. The van der Waals surface area contributed by atoms with Crippen molar-refractivity contribution in [1.82, 2.24) is 9.47 Å². The van der Waals surface area contributed by atoms with Crippen LogP contribution in [0.4, 0.5) is 0 Å². The number of ketones is 2. The number of aromatic nitrogens is 1. The molecule has 3 atom stereocenters. The molecule has 3 fully saturated rings. The summed E-state index contributed by atoms with van der Waals surface area (Å²) in [6.45, 7) is 3.76. The molecule has 0 spiro atoms. The fourth-order valence-corrected chi connectivity index (χ4v) is 7.57. The van der Waals surface area contributed by atoms with Gasteiger partial charge in [-0.05, 0) is 80.4 Å². The van der Waals surface area contributed by atoms with E-state index in [-0.39, 0.29) is 41.5 Å². The molecular weight excluding hydrogens is 460 g/mol. The molecule has 4 aliphatic rings. The fourth-order valence-electron chi connectivity index (χ4n) is 7.57. The first-order valence-corrected chi connectivity index (χ1v) is 14.9. The Labute approximate surface area is 221 Å². The molecule has 2 aromatic rings. The number of hydrogen-bond donors (Lipinski definition) is 0. The maximum absolute atomic E-state index is 14.0. The number of nitrogens with zero attached hydrogens (tertiary/aromatic N) is 2. The molecule has 0 unspecified atom stereocenters. The van der Waals surface area contributed by atoms with Gasteiger partial charge in [-0.2, -0.15) is 0 Å². The van der Waals surface area contributed by atoms with Gasteiger partial charge in [0, 0.05) is 29.6 Å². The lowest BCUT2D eigenvalue weighted by molar-refractivity contribution is -0.139. The van der Waals surface area contributed by atoms with Gasteiger partial charge in [0.2, 0.25) is 5.91 Å². The number of carbonyl (C=O) groups excluding carboxylic acids is 3. The SMILES string of the molecule is CCC(=O)[C@@H]1C[C@]23CCCCCCCCCc4cc(C5CC5)cc5c(C(C)=O)cn(c45)CC(=O)N1[C@@H]2C3. The van der Waals surface area contributed by atoms with Crippen LogP contribution in [-0.2, 0) is 22.6 Å². The lowest BCUT2D eigenvalue weighted by Crippen LogP contribution is -2.44. The van der Waals surface area contributed by atoms with Crippen molar-refractivity contribution in [2.45, 2.75) is 128 Å². The molecule has 5 nitrogen and oxygen atoms in total. The van der Waals surface area contributed by atoms with Crippen molar-refractivity contribution < 1.29 is 14.4 Å². The van der Waals surface area contributed by atoms with Crippen molar-refractivity contribution >= 4 is 28.4 Å². The van der Waals surface area contributed by atoms with Crippen LogP contribution in [0.25, 0.3) is 10.9 Å². The Morgan fingerprint density at radius 2 is 1.73 bits per heavy atom. The Kier molecular flexibility index (Phi) is 6.53. The Morgan fingerprint density at radius 3 is 2.43 bits per heavy atom. The zero-order valence-electron chi connectivity index (χ0n) is 22.7. The van der Waals surface area contributed by atoms with Crippen molar-refractivity contribution in [3.8, 4) is 0 Å². The number of benzene rings is 1. The number of carbonyl (C=O) groups is 3. The molecule has 0 radical (unpaired) electrons. The van der Waals surface area contributed by atoms with Gasteiger partial charge in [-0.15, -0.1) is 0 Å². The Balaban J connectivity index is 1.41. The van der Waals surface area contributed by atoms with Crippen LogP contribution in [0.15, 0.2) is 18.3 Å². The smallest absolute Gasteiger partial charge is 0.243 e. The molecule has 3 heterocycles. The average Bonchev–Trinajstić information content (AvgIpc) is 3.79. The predicted octanol–water partition coefficient (Wildman–Crippen LogP) is 6.74. The molecule has 1 amide bonds. The lowest BCUT2D eigenvalue weighted by Gasteiger charge is -2.27. The second-order valence-electron chi connectivity index (χ2n) is 12.5. The number of rotatable bonds is 4. The van der Waals surface area contributed by atoms with E-state index in [2.05, 4.69) is 12.1 Å². The number of aryl methyl sites for hydroxylation is 1. The van der Waals surface area contributed by atoms with E-state index in [4.69, 9.17) is 0 Å². The molecule has 2 aliphatic heterocycles. The van der Waals surface area contributed by atoms with Gasteiger partial charge in [-0.1, -0.05) is 51.5 Å². The van der Waals surface area contributed by atoms with Gasteiger partial charge in [-0.25, -0.2) is 0 Å². The lowest BCUT2D eigenvalue weighted by atomic mass is 9.91. The molecule has 198 valence electrons. The van der Waals surface area contributed by atoms with Crippen LogP contribution in [0, 0.1) is 5.41 Å². The van der Waals surface area contributed by atoms with E-state index in [1.54, 1.807) is 6.92 Å². The van der Waals surface area contributed by atoms with Crippen LogP contribution in [0.1, 0.15) is 125 Å². The highest BCUT2D eigenvalue weighted by Crippen LogP contribution is 2.62. The summed E-state index contributed by atoms with van der Waals surface area (Å²) in [5, 5.41) is 1.01. The van der Waals surface area contributed by atoms with Gasteiger partial charge in [0.05, 0.1) is 11.6 Å². The third-order valence-electron chi connectivity index (χ3n) is 9.85. The normalized spacial score (nSPS) is 28.7. The fraction of sp³-hybridized carbons (Fsp3) is 0.656. The summed E-state index contributed by atoms with van der Waals surface area (Å²) < 4.78 is 2.05. The van der Waals surface area contributed by atoms with E-state index in [1.165, 1.54) is 62.5 Å². The van der Waals surface area contributed by atoms with Crippen LogP contribution in [0.5, 0.6) is 0 Å². The first-order chi connectivity index (χ1) is 17.9. The first-order valence-electron chi connectivity index (χ1n) is 14.9. The molecule has 0 N–H and O–H groups in total.